The second-order valence-electron chi connectivity index (χ2n) is 4.98. The van der Waals surface area contributed by atoms with E-state index in [1.807, 2.05) is 24.3 Å². The Hall–Kier alpha value is -1.30. The predicted octanol–water partition coefficient (Wildman–Crippen LogP) is 1.18. The number of nitrogens with one attached hydrogen (secondary N) is 2. The van der Waals surface area contributed by atoms with Crippen LogP contribution in [-0.2, 0) is 0 Å². The van der Waals surface area contributed by atoms with E-state index in [9.17, 15) is 4.79 Å². The molecule has 2 N–H and O–H groups in total. The fraction of sp³-hybridized carbons (Fsp3) is 0.385. The number of carbonyl (C=O) groups excluding carboxylic acids is 1. The Labute approximate surface area is 109 Å². The average molecular weight is 259 g/mol. The molecule has 4 nitrogen and oxygen atoms in total. The molecule has 1 aromatic carbocycles. The topological polar surface area (TPSA) is 54.0 Å². The molecule has 0 aliphatic carbocycles. The van der Waals surface area contributed by atoms with Crippen LogP contribution in [0.2, 0.25) is 0 Å². The van der Waals surface area contributed by atoms with Crippen LogP contribution in [0.4, 0.5) is 0 Å². The van der Waals surface area contributed by atoms with Crippen molar-refractivity contribution in [1.29, 1.82) is 0 Å². The summed E-state index contributed by atoms with van der Waals surface area (Å²) >= 11 is 1.40. The van der Waals surface area contributed by atoms with Crippen LogP contribution in [0, 0.1) is 0 Å². The number of fused-ring (bicyclic) bond motifs is 3. The molecule has 18 heavy (non-hydrogen) atoms. The number of carbonyl (C=O) groups is 1. The number of piperazine rings is 1. The van der Waals surface area contributed by atoms with Gasteiger partial charge in [-0.05, 0) is 24.0 Å². The molecule has 2 fully saturated rings. The van der Waals surface area contributed by atoms with Crippen molar-refractivity contribution in [2.45, 2.75) is 24.5 Å². The van der Waals surface area contributed by atoms with Gasteiger partial charge in [-0.2, -0.15) is 4.37 Å². The van der Waals surface area contributed by atoms with E-state index < -0.39 is 0 Å². The van der Waals surface area contributed by atoms with Gasteiger partial charge in [-0.25, -0.2) is 0 Å². The smallest absolute Gasteiger partial charge is 0.201 e. The highest BCUT2D eigenvalue weighted by molar-refractivity contribution is 7.13. The van der Waals surface area contributed by atoms with Crippen molar-refractivity contribution < 1.29 is 4.79 Å². The van der Waals surface area contributed by atoms with Gasteiger partial charge in [0.25, 0.3) is 0 Å². The van der Waals surface area contributed by atoms with Crippen molar-refractivity contribution in [3.63, 3.8) is 0 Å². The molecule has 2 aromatic rings. The lowest BCUT2D eigenvalue weighted by atomic mass is 10.0. The normalized spacial score (nSPS) is 30.1. The van der Waals surface area contributed by atoms with E-state index in [4.69, 9.17) is 0 Å². The van der Waals surface area contributed by atoms with Crippen molar-refractivity contribution in [1.82, 2.24) is 15.0 Å². The first-order chi connectivity index (χ1) is 8.83. The van der Waals surface area contributed by atoms with Crippen LogP contribution in [0.3, 0.4) is 0 Å². The highest BCUT2D eigenvalue weighted by atomic mass is 32.1. The van der Waals surface area contributed by atoms with Gasteiger partial charge in [-0.15, -0.1) is 0 Å². The molecule has 3 heterocycles. The van der Waals surface area contributed by atoms with E-state index in [1.54, 1.807) is 0 Å². The van der Waals surface area contributed by atoms with E-state index in [-0.39, 0.29) is 17.9 Å². The molecule has 1 aromatic heterocycles. The number of rotatable bonds is 2. The van der Waals surface area contributed by atoms with Crippen LogP contribution < -0.4 is 10.6 Å². The van der Waals surface area contributed by atoms with Gasteiger partial charge in [0.05, 0.1) is 10.7 Å². The minimum Gasteiger partial charge on any atom is -0.310 e. The van der Waals surface area contributed by atoms with Gasteiger partial charge >= 0.3 is 0 Å². The Balaban J connectivity index is 1.72. The van der Waals surface area contributed by atoms with Crippen molar-refractivity contribution in [3.8, 4) is 0 Å². The molecular weight excluding hydrogens is 246 g/mol. The van der Waals surface area contributed by atoms with Gasteiger partial charge in [0.1, 0.15) is 5.69 Å². The maximum absolute atomic E-state index is 12.6. The summed E-state index contributed by atoms with van der Waals surface area (Å²) in [6, 6.07) is 8.56. The molecule has 1 unspecified atom stereocenters. The molecule has 0 amide bonds. The van der Waals surface area contributed by atoms with Gasteiger partial charge < -0.3 is 10.6 Å². The zero-order valence-corrected chi connectivity index (χ0v) is 10.5. The minimum absolute atomic E-state index is 0.103. The lowest BCUT2D eigenvalue weighted by Gasteiger charge is -2.22. The van der Waals surface area contributed by atoms with Gasteiger partial charge in [-0.3, -0.25) is 4.79 Å². The van der Waals surface area contributed by atoms with E-state index >= 15 is 0 Å². The molecule has 92 valence electrons. The minimum atomic E-state index is -0.103. The Morgan fingerprint density at radius 1 is 1.39 bits per heavy atom. The Bertz CT molecular complexity index is 623. The predicted molar refractivity (Wildman–Crippen MR) is 71.1 cm³/mol. The molecule has 0 radical (unpaired) electrons. The summed E-state index contributed by atoms with van der Waals surface area (Å²) in [4.78, 5) is 12.6. The number of aromatic nitrogens is 1. The third-order valence-corrected chi connectivity index (χ3v) is 4.70. The van der Waals surface area contributed by atoms with Crippen molar-refractivity contribution in [3.05, 3.63) is 30.0 Å². The van der Waals surface area contributed by atoms with Crippen LogP contribution in [0.15, 0.2) is 24.3 Å². The van der Waals surface area contributed by atoms with Gasteiger partial charge in [0, 0.05) is 24.0 Å². The third-order valence-electron chi connectivity index (χ3n) is 3.88. The van der Waals surface area contributed by atoms with E-state index in [0.29, 0.717) is 11.7 Å². The molecule has 4 rings (SSSR count). The van der Waals surface area contributed by atoms with Crippen molar-refractivity contribution in [2.75, 3.05) is 6.54 Å². The lowest BCUT2D eigenvalue weighted by molar-refractivity contribution is 0.0928. The molecule has 2 saturated heterocycles. The summed E-state index contributed by atoms with van der Waals surface area (Å²) < 4.78 is 5.43. The van der Waals surface area contributed by atoms with Crippen molar-refractivity contribution >= 4 is 27.4 Å². The highest BCUT2D eigenvalue weighted by Gasteiger charge is 2.43. The number of ketones is 1. The largest absolute Gasteiger partial charge is 0.310 e. The average Bonchev–Trinajstić information content (AvgIpc) is 3.12. The second-order valence-corrected chi connectivity index (χ2v) is 5.79. The fourth-order valence-electron chi connectivity index (χ4n) is 2.99. The molecule has 2 aliphatic heterocycles. The second kappa shape index (κ2) is 3.85. The first-order valence-electron chi connectivity index (χ1n) is 6.21. The molecule has 2 bridgehead atoms. The van der Waals surface area contributed by atoms with Crippen molar-refractivity contribution in [2.24, 2.45) is 0 Å². The summed E-state index contributed by atoms with van der Waals surface area (Å²) in [5.41, 5.74) is 0.627. The summed E-state index contributed by atoms with van der Waals surface area (Å²) in [5, 5.41) is 7.77. The maximum atomic E-state index is 12.6. The number of hydrogen-bond acceptors (Lipinski definition) is 5. The van der Waals surface area contributed by atoms with Crippen LogP contribution in [0.25, 0.3) is 10.1 Å². The summed E-state index contributed by atoms with van der Waals surface area (Å²) in [5.74, 6) is 0.132. The van der Waals surface area contributed by atoms with Crippen LogP contribution in [0.1, 0.15) is 16.9 Å². The number of hydrogen-bond donors (Lipinski definition) is 2. The molecule has 0 saturated carbocycles. The zero-order chi connectivity index (χ0) is 12.1. The number of Topliss-reactive ketones (excluding diaryl/α,β-unsaturated/α-hetero) is 1. The van der Waals surface area contributed by atoms with Gasteiger partial charge in [0.2, 0.25) is 5.78 Å². The molecular formula is C13H13N3OS. The number of nitrogens with zero attached hydrogens (tertiary/aromatic N) is 1. The third kappa shape index (κ3) is 1.44. The zero-order valence-electron chi connectivity index (χ0n) is 9.72. The lowest BCUT2D eigenvalue weighted by Crippen LogP contribution is -2.52. The van der Waals surface area contributed by atoms with Gasteiger partial charge in [0.15, 0.2) is 0 Å². The van der Waals surface area contributed by atoms with Crippen LogP contribution in [0.5, 0.6) is 0 Å². The fourth-order valence-corrected chi connectivity index (χ4v) is 3.77. The van der Waals surface area contributed by atoms with Crippen LogP contribution >= 0.6 is 11.5 Å². The first kappa shape index (κ1) is 10.6. The molecule has 2 aliphatic rings. The molecule has 5 heteroatoms. The summed E-state index contributed by atoms with van der Waals surface area (Å²) in [6.07, 6.45) is 1.05. The van der Waals surface area contributed by atoms with E-state index in [2.05, 4.69) is 15.0 Å². The standard InChI is InChI=1S/C13H13N3OS/c17-13(12-9-5-7(15-12)6-14-9)11-8-3-1-2-4-10(8)18-16-11/h1-4,7,9,12,14-15H,5-6H2/t7-,9+,12?/m0/s1. The van der Waals surface area contributed by atoms with Crippen LogP contribution in [-0.4, -0.2) is 34.8 Å². The summed E-state index contributed by atoms with van der Waals surface area (Å²) in [7, 11) is 0. The Morgan fingerprint density at radius 2 is 2.28 bits per heavy atom. The monoisotopic (exact) mass is 259 g/mol. The Morgan fingerprint density at radius 3 is 3.06 bits per heavy atom. The molecule has 3 atom stereocenters. The Kier molecular flexibility index (Phi) is 2.27. The van der Waals surface area contributed by atoms with E-state index in [1.165, 1.54) is 11.5 Å². The number of benzene rings is 1. The molecule has 0 spiro atoms. The maximum Gasteiger partial charge on any atom is 0.201 e. The quantitative estimate of drug-likeness (QED) is 0.795. The van der Waals surface area contributed by atoms with E-state index in [0.717, 1.165) is 23.1 Å². The first-order valence-corrected chi connectivity index (χ1v) is 6.98. The summed E-state index contributed by atoms with van der Waals surface area (Å²) in [6.45, 7) is 0.978. The highest BCUT2D eigenvalue weighted by Crippen LogP contribution is 2.27. The SMILES string of the molecule is O=C(c1nsc2ccccc12)C1N[C@@H]2CN[C@@H]1C2. The van der Waals surface area contributed by atoms with Gasteiger partial charge in [-0.1, -0.05) is 18.2 Å².